The van der Waals surface area contributed by atoms with Crippen LogP contribution in [0.3, 0.4) is 0 Å². The molecule has 0 aromatic heterocycles. The average Bonchev–Trinajstić information content (AvgIpc) is 2.18. The maximum Gasteiger partial charge on any atom is -0.0253 e. The SMILES string of the molecule is CCc1ccc(CC(C)CC)cc1C. The van der Waals surface area contributed by atoms with Gasteiger partial charge in [-0.25, -0.2) is 0 Å². The van der Waals surface area contributed by atoms with Gasteiger partial charge in [-0.05, 0) is 42.4 Å². The van der Waals surface area contributed by atoms with Crippen molar-refractivity contribution >= 4 is 0 Å². The van der Waals surface area contributed by atoms with E-state index < -0.39 is 0 Å². The summed E-state index contributed by atoms with van der Waals surface area (Å²) in [6, 6.07) is 6.93. The lowest BCUT2D eigenvalue weighted by atomic mass is 9.95. The van der Waals surface area contributed by atoms with Crippen molar-refractivity contribution in [3.05, 3.63) is 34.9 Å². The summed E-state index contributed by atoms with van der Waals surface area (Å²) in [5.74, 6) is 0.807. The molecule has 0 nitrogen and oxygen atoms in total. The van der Waals surface area contributed by atoms with Crippen molar-refractivity contribution in [3.63, 3.8) is 0 Å². The smallest absolute Gasteiger partial charge is 0.0253 e. The van der Waals surface area contributed by atoms with Crippen LogP contribution in [0.5, 0.6) is 0 Å². The molecule has 1 aromatic carbocycles. The molecule has 0 heterocycles. The second kappa shape index (κ2) is 5.19. The Hall–Kier alpha value is -0.780. The van der Waals surface area contributed by atoms with E-state index in [1.165, 1.54) is 29.5 Å². The van der Waals surface area contributed by atoms with Crippen LogP contribution in [-0.4, -0.2) is 0 Å². The lowest BCUT2D eigenvalue weighted by Crippen LogP contribution is -1.99. The Morgan fingerprint density at radius 2 is 1.93 bits per heavy atom. The zero-order valence-corrected chi connectivity index (χ0v) is 9.93. The third-order valence-electron chi connectivity index (χ3n) is 3.07. The maximum atomic E-state index is 2.35. The van der Waals surface area contributed by atoms with Gasteiger partial charge in [-0.2, -0.15) is 0 Å². The van der Waals surface area contributed by atoms with E-state index in [0.29, 0.717) is 0 Å². The van der Waals surface area contributed by atoms with Crippen molar-refractivity contribution in [1.29, 1.82) is 0 Å². The Morgan fingerprint density at radius 1 is 1.21 bits per heavy atom. The molecule has 78 valence electrons. The number of rotatable bonds is 4. The van der Waals surface area contributed by atoms with Crippen LogP contribution in [0.2, 0.25) is 0 Å². The molecule has 0 saturated heterocycles. The fourth-order valence-corrected chi connectivity index (χ4v) is 1.83. The van der Waals surface area contributed by atoms with Gasteiger partial charge in [0.25, 0.3) is 0 Å². The summed E-state index contributed by atoms with van der Waals surface area (Å²) >= 11 is 0. The standard InChI is InChI=1S/C14H22/c1-5-11(3)9-13-7-8-14(6-2)12(4)10-13/h7-8,10-11H,5-6,9H2,1-4H3. The Bertz CT molecular complexity index is 286. The van der Waals surface area contributed by atoms with Crippen molar-refractivity contribution in [2.75, 3.05) is 0 Å². The van der Waals surface area contributed by atoms with E-state index in [-0.39, 0.29) is 0 Å². The largest absolute Gasteiger partial charge is 0.0651 e. The second-order valence-electron chi connectivity index (χ2n) is 4.33. The molecule has 0 aliphatic carbocycles. The maximum absolute atomic E-state index is 2.35. The van der Waals surface area contributed by atoms with E-state index in [1.807, 2.05) is 0 Å². The fourth-order valence-electron chi connectivity index (χ4n) is 1.83. The van der Waals surface area contributed by atoms with Crippen LogP contribution >= 0.6 is 0 Å². The first kappa shape index (κ1) is 11.3. The number of aryl methyl sites for hydroxylation is 2. The van der Waals surface area contributed by atoms with Crippen LogP contribution in [0.15, 0.2) is 18.2 Å². The second-order valence-corrected chi connectivity index (χ2v) is 4.33. The summed E-state index contributed by atoms with van der Waals surface area (Å²) < 4.78 is 0. The van der Waals surface area contributed by atoms with Crippen molar-refractivity contribution < 1.29 is 0 Å². The summed E-state index contributed by atoms with van der Waals surface area (Å²) in [7, 11) is 0. The molecule has 0 saturated carbocycles. The van der Waals surface area contributed by atoms with Gasteiger partial charge in [0, 0.05) is 0 Å². The minimum atomic E-state index is 0.807. The first-order valence-corrected chi connectivity index (χ1v) is 5.75. The highest BCUT2D eigenvalue weighted by Crippen LogP contribution is 2.16. The summed E-state index contributed by atoms with van der Waals surface area (Å²) in [6.45, 7) is 9.02. The third kappa shape index (κ3) is 2.87. The van der Waals surface area contributed by atoms with Crippen LogP contribution in [0.25, 0.3) is 0 Å². The summed E-state index contributed by atoms with van der Waals surface area (Å²) in [5.41, 5.74) is 4.43. The van der Waals surface area contributed by atoms with Crippen LogP contribution < -0.4 is 0 Å². The minimum absolute atomic E-state index is 0.807. The third-order valence-corrected chi connectivity index (χ3v) is 3.07. The summed E-state index contributed by atoms with van der Waals surface area (Å²) in [5, 5.41) is 0. The number of hydrogen-bond acceptors (Lipinski definition) is 0. The summed E-state index contributed by atoms with van der Waals surface area (Å²) in [4.78, 5) is 0. The van der Waals surface area contributed by atoms with Gasteiger partial charge in [0.15, 0.2) is 0 Å². The van der Waals surface area contributed by atoms with Gasteiger partial charge >= 0.3 is 0 Å². The highest BCUT2D eigenvalue weighted by atomic mass is 14.1. The molecule has 0 bridgehead atoms. The average molecular weight is 190 g/mol. The van der Waals surface area contributed by atoms with E-state index in [1.54, 1.807) is 0 Å². The molecule has 0 heteroatoms. The molecular formula is C14H22. The fraction of sp³-hybridized carbons (Fsp3) is 0.571. The first-order chi connectivity index (χ1) is 6.67. The quantitative estimate of drug-likeness (QED) is 0.669. The van der Waals surface area contributed by atoms with Gasteiger partial charge in [0.1, 0.15) is 0 Å². The van der Waals surface area contributed by atoms with Gasteiger partial charge in [-0.15, -0.1) is 0 Å². The first-order valence-electron chi connectivity index (χ1n) is 5.75. The molecule has 0 aliphatic rings. The molecule has 0 spiro atoms. The van der Waals surface area contributed by atoms with Crippen LogP contribution in [0.4, 0.5) is 0 Å². The zero-order valence-electron chi connectivity index (χ0n) is 9.93. The number of benzene rings is 1. The molecule has 1 aromatic rings. The monoisotopic (exact) mass is 190 g/mol. The molecule has 1 rings (SSSR count). The molecule has 0 N–H and O–H groups in total. The number of hydrogen-bond donors (Lipinski definition) is 0. The molecule has 14 heavy (non-hydrogen) atoms. The van der Waals surface area contributed by atoms with Crippen LogP contribution in [-0.2, 0) is 12.8 Å². The molecule has 0 fully saturated rings. The van der Waals surface area contributed by atoms with E-state index >= 15 is 0 Å². The van der Waals surface area contributed by atoms with Crippen molar-refractivity contribution in [1.82, 2.24) is 0 Å². The van der Waals surface area contributed by atoms with E-state index in [2.05, 4.69) is 45.9 Å². The normalized spacial score (nSPS) is 12.9. The highest BCUT2D eigenvalue weighted by Gasteiger charge is 2.02. The molecule has 1 atom stereocenters. The topological polar surface area (TPSA) is 0 Å². The van der Waals surface area contributed by atoms with Crippen LogP contribution in [0, 0.1) is 12.8 Å². The van der Waals surface area contributed by atoms with E-state index in [4.69, 9.17) is 0 Å². The predicted molar refractivity (Wildman–Crippen MR) is 63.7 cm³/mol. The van der Waals surface area contributed by atoms with Crippen molar-refractivity contribution in [2.45, 2.75) is 47.0 Å². The zero-order chi connectivity index (χ0) is 10.6. The molecule has 0 amide bonds. The lowest BCUT2D eigenvalue weighted by molar-refractivity contribution is 0.560. The van der Waals surface area contributed by atoms with Gasteiger partial charge in [-0.1, -0.05) is 45.4 Å². The predicted octanol–water partition coefficient (Wildman–Crippen LogP) is 4.15. The Kier molecular flexibility index (Phi) is 4.19. The minimum Gasteiger partial charge on any atom is -0.0651 e. The van der Waals surface area contributed by atoms with E-state index in [9.17, 15) is 0 Å². The van der Waals surface area contributed by atoms with Gasteiger partial charge in [-0.3, -0.25) is 0 Å². The molecule has 1 unspecified atom stereocenters. The molecular weight excluding hydrogens is 168 g/mol. The Morgan fingerprint density at radius 3 is 2.43 bits per heavy atom. The van der Waals surface area contributed by atoms with Crippen LogP contribution in [0.1, 0.15) is 43.9 Å². The van der Waals surface area contributed by atoms with Gasteiger partial charge in [0.05, 0.1) is 0 Å². The Labute approximate surface area is 88.4 Å². The van der Waals surface area contributed by atoms with Gasteiger partial charge < -0.3 is 0 Å². The highest BCUT2D eigenvalue weighted by molar-refractivity contribution is 5.31. The summed E-state index contributed by atoms with van der Waals surface area (Å²) in [6.07, 6.45) is 3.64. The van der Waals surface area contributed by atoms with E-state index in [0.717, 1.165) is 12.3 Å². The molecule has 0 aliphatic heterocycles. The van der Waals surface area contributed by atoms with Gasteiger partial charge in [0.2, 0.25) is 0 Å². The molecule has 0 radical (unpaired) electrons. The lowest BCUT2D eigenvalue weighted by Gasteiger charge is -2.10. The van der Waals surface area contributed by atoms with Crippen molar-refractivity contribution in [2.24, 2.45) is 5.92 Å². The van der Waals surface area contributed by atoms with Crippen molar-refractivity contribution in [3.8, 4) is 0 Å². The Balaban J connectivity index is 2.76.